The topological polar surface area (TPSA) is 54.5 Å². The molecule has 0 saturated carbocycles. The van der Waals surface area contributed by atoms with Crippen LogP contribution in [0.4, 0.5) is 5.82 Å². The molecule has 5 nitrogen and oxygen atoms in total. The van der Waals surface area contributed by atoms with E-state index < -0.39 is 0 Å². The van der Waals surface area contributed by atoms with E-state index in [1.54, 1.807) is 7.11 Å². The van der Waals surface area contributed by atoms with Gasteiger partial charge in [0.2, 0.25) is 5.91 Å². The van der Waals surface area contributed by atoms with Crippen LogP contribution in [0.3, 0.4) is 0 Å². The molecule has 1 fully saturated rings. The highest BCUT2D eigenvalue weighted by atomic mass is 16.5. The van der Waals surface area contributed by atoms with Gasteiger partial charge in [0.1, 0.15) is 12.4 Å². The zero-order valence-corrected chi connectivity index (χ0v) is 11.6. The molecule has 0 aliphatic carbocycles. The van der Waals surface area contributed by atoms with Gasteiger partial charge in [-0.25, -0.2) is 4.98 Å². The SMILES string of the molecule is COCC(=O)N1CCCC1CNc1cccc(C)n1. The predicted octanol–water partition coefficient (Wildman–Crippen LogP) is 1.44. The lowest BCUT2D eigenvalue weighted by Gasteiger charge is -2.24. The fraction of sp³-hybridized carbons (Fsp3) is 0.571. The second kappa shape index (κ2) is 6.52. The van der Waals surface area contributed by atoms with Gasteiger partial charge in [-0.3, -0.25) is 4.79 Å². The molecule has 1 aliphatic rings. The summed E-state index contributed by atoms with van der Waals surface area (Å²) in [5.41, 5.74) is 0.990. The van der Waals surface area contributed by atoms with Crippen molar-refractivity contribution in [1.29, 1.82) is 0 Å². The number of likely N-dealkylation sites (tertiary alicyclic amines) is 1. The van der Waals surface area contributed by atoms with Gasteiger partial charge >= 0.3 is 0 Å². The Labute approximate surface area is 114 Å². The molecule has 0 aromatic carbocycles. The van der Waals surface area contributed by atoms with Crippen LogP contribution in [0.5, 0.6) is 0 Å². The first-order valence-electron chi connectivity index (χ1n) is 6.66. The highest BCUT2D eigenvalue weighted by Gasteiger charge is 2.28. The number of nitrogens with zero attached hydrogens (tertiary/aromatic N) is 2. The summed E-state index contributed by atoms with van der Waals surface area (Å²) in [5.74, 6) is 0.940. The van der Waals surface area contributed by atoms with Gasteiger partial charge in [-0.15, -0.1) is 0 Å². The Balaban J connectivity index is 1.89. The van der Waals surface area contributed by atoms with Crippen molar-refractivity contribution in [2.24, 2.45) is 0 Å². The highest BCUT2D eigenvalue weighted by Crippen LogP contribution is 2.18. The zero-order valence-electron chi connectivity index (χ0n) is 11.6. The predicted molar refractivity (Wildman–Crippen MR) is 74.1 cm³/mol. The Kier molecular flexibility index (Phi) is 4.74. The minimum Gasteiger partial charge on any atom is -0.375 e. The van der Waals surface area contributed by atoms with Crippen molar-refractivity contribution in [3.05, 3.63) is 23.9 Å². The van der Waals surface area contributed by atoms with E-state index in [2.05, 4.69) is 10.3 Å². The van der Waals surface area contributed by atoms with Crippen LogP contribution in [0.25, 0.3) is 0 Å². The van der Waals surface area contributed by atoms with Crippen LogP contribution in [0.15, 0.2) is 18.2 Å². The summed E-state index contributed by atoms with van der Waals surface area (Å²) >= 11 is 0. The molecule has 0 radical (unpaired) electrons. The van der Waals surface area contributed by atoms with E-state index >= 15 is 0 Å². The zero-order chi connectivity index (χ0) is 13.7. The largest absolute Gasteiger partial charge is 0.375 e. The smallest absolute Gasteiger partial charge is 0.248 e. The number of rotatable bonds is 5. The summed E-state index contributed by atoms with van der Waals surface area (Å²) in [4.78, 5) is 18.2. The summed E-state index contributed by atoms with van der Waals surface area (Å²) in [7, 11) is 1.55. The lowest BCUT2D eigenvalue weighted by Crippen LogP contribution is -2.41. The van der Waals surface area contributed by atoms with Gasteiger partial charge in [-0.1, -0.05) is 6.07 Å². The molecule has 1 saturated heterocycles. The average Bonchev–Trinajstić information content (AvgIpc) is 2.85. The Morgan fingerprint density at radius 2 is 2.42 bits per heavy atom. The molecule has 1 unspecified atom stereocenters. The number of methoxy groups -OCH3 is 1. The summed E-state index contributed by atoms with van der Waals surface area (Å²) in [5, 5.41) is 3.31. The maximum absolute atomic E-state index is 11.9. The number of anilines is 1. The lowest BCUT2D eigenvalue weighted by atomic mass is 10.2. The molecule has 2 heterocycles. The first-order chi connectivity index (χ1) is 9.20. The molecule has 0 bridgehead atoms. The Bertz CT molecular complexity index is 436. The molecular weight excluding hydrogens is 242 g/mol. The molecule has 1 aromatic rings. The van der Waals surface area contributed by atoms with Crippen LogP contribution in [0, 0.1) is 6.92 Å². The van der Waals surface area contributed by atoms with E-state index in [-0.39, 0.29) is 18.6 Å². The fourth-order valence-corrected chi connectivity index (χ4v) is 2.45. The quantitative estimate of drug-likeness (QED) is 0.873. The van der Waals surface area contributed by atoms with E-state index in [0.717, 1.165) is 37.4 Å². The third-order valence-corrected chi connectivity index (χ3v) is 3.37. The molecule has 104 valence electrons. The van der Waals surface area contributed by atoms with Crippen molar-refractivity contribution in [2.75, 3.05) is 32.1 Å². The van der Waals surface area contributed by atoms with Gasteiger partial charge in [0.15, 0.2) is 0 Å². The van der Waals surface area contributed by atoms with Gasteiger partial charge in [0, 0.05) is 31.9 Å². The molecule has 5 heteroatoms. The summed E-state index contributed by atoms with van der Waals surface area (Å²) in [6.07, 6.45) is 2.09. The molecule has 0 spiro atoms. The van der Waals surface area contributed by atoms with Gasteiger partial charge in [0.25, 0.3) is 0 Å². The van der Waals surface area contributed by atoms with E-state index in [1.807, 2.05) is 30.0 Å². The van der Waals surface area contributed by atoms with Crippen molar-refractivity contribution in [2.45, 2.75) is 25.8 Å². The molecule has 19 heavy (non-hydrogen) atoms. The first-order valence-corrected chi connectivity index (χ1v) is 6.66. The number of carbonyl (C=O) groups is 1. The normalized spacial score (nSPS) is 18.6. The maximum atomic E-state index is 11.9. The van der Waals surface area contributed by atoms with E-state index in [0.29, 0.717) is 0 Å². The third kappa shape index (κ3) is 3.67. The standard InChI is InChI=1S/C14H21N3O2/c1-11-5-3-7-13(16-11)15-9-12-6-4-8-17(12)14(18)10-19-2/h3,5,7,12H,4,6,8-10H2,1-2H3,(H,15,16). The Morgan fingerprint density at radius 3 is 3.16 bits per heavy atom. The molecule has 1 atom stereocenters. The van der Waals surface area contributed by atoms with Gasteiger partial charge in [-0.2, -0.15) is 0 Å². The Morgan fingerprint density at radius 1 is 1.58 bits per heavy atom. The van der Waals surface area contributed by atoms with Crippen molar-refractivity contribution >= 4 is 11.7 Å². The van der Waals surface area contributed by atoms with Gasteiger partial charge < -0.3 is 15.0 Å². The number of nitrogens with one attached hydrogen (secondary N) is 1. The lowest BCUT2D eigenvalue weighted by molar-refractivity contribution is -0.135. The molecule has 1 amide bonds. The number of amides is 1. The highest BCUT2D eigenvalue weighted by molar-refractivity contribution is 5.78. The summed E-state index contributed by atoms with van der Waals surface area (Å²) in [6, 6.07) is 6.14. The second-order valence-corrected chi connectivity index (χ2v) is 4.86. The number of ether oxygens (including phenoxy) is 1. The molecule has 2 rings (SSSR count). The maximum Gasteiger partial charge on any atom is 0.248 e. The van der Waals surface area contributed by atoms with Crippen molar-refractivity contribution in [3.8, 4) is 0 Å². The van der Waals surface area contributed by atoms with Crippen molar-refractivity contribution < 1.29 is 9.53 Å². The number of hydrogen-bond donors (Lipinski definition) is 1. The summed E-state index contributed by atoms with van der Waals surface area (Å²) < 4.78 is 4.92. The van der Waals surface area contributed by atoms with Crippen LogP contribution in [-0.4, -0.2) is 48.6 Å². The fourth-order valence-electron chi connectivity index (χ4n) is 2.45. The Hall–Kier alpha value is -1.62. The third-order valence-electron chi connectivity index (χ3n) is 3.37. The van der Waals surface area contributed by atoms with Gasteiger partial charge in [0.05, 0.1) is 0 Å². The number of aryl methyl sites for hydroxylation is 1. The van der Waals surface area contributed by atoms with Crippen LogP contribution in [0.2, 0.25) is 0 Å². The van der Waals surface area contributed by atoms with E-state index in [9.17, 15) is 4.79 Å². The number of aromatic nitrogens is 1. The summed E-state index contributed by atoms with van der Waals surface area (Å²) in [6.45, 7) is 3.70. The van der Waals surface area contributed by atoms with Gasteiger partial charge in [-0.05, 0) is 31.9 Å². The second-order valence-electron chi connectivity index (χ2n) is 4.86. The van der Waals surface area contributed by atoms with Crippen LogP contribution in [-0.2, 0) is 9.53 Å². The van der Waals surface area contributed by atoms with Crippen LogP contribution >= 0.6 is 0 Å². The minimum atomic E-state index is 0.0731. The number of carbonyl (C=O) groups excluding carboxylic acids is 1. The van der Waals surface area contributed by atoms with E-state index in [1.165, 1.54) is 0 Å². The molecule has 1 aliphatic heterocycles. The minimum absolute atomic E-state index is 0.0731. The molecule has 1 aromatic heterocycles. The molecule has 1 N–H and O–H groups in total. The van der Waals surface area contributed by atoms with Crippen LogP contribution in [0.1, 0.15) is 18.5 Å². The number of hydrogen-bond acceptors (Lipinski definition) is 4. The van der Waals surface area contributed by atoms with Crippen molar-refractivity contribution in [3.63, 3.8) is 0 Å². The number of pyridine rings is 1. The molecular formula is C14H21N3O2. The van der Waals surface area contributed by atoms with E-state index in [4.69, 9.17) is 4.74 Å². The first kappa shape index (κ1) is 13.8. The van der Waals surface area contributed by atoms with Crippen molar-refractivity contribution in [1.82, 2.24) is 9.88 Å². The monoisotopic (exact) mass is 263 g/mol. The average molecular weight is 263 g/mol. The van der Waals surface area contributed by atoms with Crippen LogP contribution < -0.4 is 5.32 Å².